The minimum absolute atomic E-state index is 0.0254. The highest BCUT2D eigenvalue weighted by Gasteiger charge is 2.08. The SMILES string of the molecule is O=C(COc1ccc([N+](=O)[O-])cc1)Nc1cccc2ccccc12. The van der Waals surface area contributed by atoms with Gasteiger partial charge >= 0.3 is 0 Å². The molecular formula is C18H14N2O4. The van der Waals surface area contributed by atoms with Crippen LogP contribution in [-0.4, -0.2) is 17.4 Å². The molecular weight excluding hydrogens is 308 g/mol. The molecule has 0 fully saturated rings. The van der Waals surface area contributed by atoms with Crippen LogP contribution in [-0.2, 0) is 4.79 Å². The topological polar surface area (TPSA) is 81.5 Å². The maximum atomic E-state index is 12.1. The van der Waals surface area contributed by atoms with Gasteiger partial charge in [-0.1, -0.05) is 36.4 Å². The molecule has 0 aliphatic carbocycles. The van der Waals surface area contributed by atoms with Crippen molar-refractivity contribution in [3.63, 3.8) is 0 Å². The Morgan fingerprint density at radius 3 is 2.46 bits per heavy atom. The number of anilines is 1. The average Bonchev–Trinajstić information content (AvgIpc) is 2.61. The summed E-state index contributed by atoms with van der Waals surface area (Å²) in [7, 11) is 0. The first-order valence-electron chi connectivity index (χ1n) is 7.28. The second-order valence-corrected chi connectivity index (χ2v) is 5.11. The number of carbonyl (C=O) groups is 1. The van der Waals surface area contributed by atoms with Gasteiger partial charge in [-0.25, -0.2) is 0 Å². The monoisotopic (exact) mass is 322 g/mol. The number of nitrogens with one attached hydrogen (secondary N) is 1. The van der Waals surface area contributed by atoms with Crippen LogP contribution in [0.4, 0.5) is 11.4 Å². The summed E-state index contributed by atoms with van der Waals surface area (Å²) < 4.78 is 5.35. The summed E-state index contributed by atoms with van der Waals surface area (Å²) in [6, 6.07) is 19.0. The van der Waals surface area contributed by atoms with Crippen molar-refractivity contribution in [1.29, 1.82) is 0 Å². The Kier molecular flexibility index (Phi) is 4.38. The van der Waals surface area contributed by atoms with Crippen molar-refractivity contribution in [3.05, 3.63) is 76.8 Å². The van der Waals surface area contributed by atoms with E-state index in [4.69, 9.17) is 4.74 Å². The standard InChI is InChI=1S/C18H14N2O4/c21-18(12-24-15-10-8-14(9-11-15)20(22)23)19-17-7-3-5-13-4-1-2-6-16(13)17/h1-11H,12H2,(H,19,21). The van der Waals surface area contributed by atoms with Crippen LogP contribution < -0.4 is 10.1 Å². The van der Waals surface area contributed by atoms with E-state index in [1.807, 2.05) is 42.5 Å². The summed E-state index contributed by atoms with van der Waals surface area (Å²) in [5.74, 6) is 0.0957. The van der Waals surface area contributed by atoms with Crippen LogP contribution in [0.3, 0.4) is 0 Å². The number of nitro benzene ring substituents is 1. The molecule has 120 valence electrons. The molecule has 6 nitrogen and oxygen atoms in total. The van der Waals surface area contributed by atoms with Gasteiger partial charge in [-0.3, -0.25) is 14.9 Å². The molecule has 0 heterocycles. The molecule has 0 bridgehead atoms. The van der Waals surface area contributed by atoms with Gasteiger partial charge in [0, 0.05) is 23.2 Å². The zero-order valence-corrected chi connectivity index (χ0v) is 12.6. The molecule has 0 aromatic heterocycles. The average molecular weight is 322 g/mol. The Bertz CT molecular complexity index is 886. The summed E-state index contributed by atoms with van der Waals surface area (Å²) in [4.78, 5) is 22.2. The molecule has 0 aliphatic rings. The molecule has 1 N–H and O–H groups in total. The Balaban J connectivity index is 1.64. The number of ether oxygens (including phenoxy) is 1. The summed E-state index contributed by atoms with van der Waals surface area (Å²) in [6.45, 7) is -0.180. The molecule has 0 atom stereocenters. The van der Waals surface area contributed by atoms with Gasteiger partial charge in [-0.15, -0.1) is 0 Å². The number of amides is 1. The highest BCUT2D eigenvalue weighted by molar-refractivity contribution is 6.02. The van der Waals surface area contributed by atoms with E-state index in [1.54, 1.807) is 0 Å². The summed E-state index contributed by atoms with van der Waals surface area (Å²) in [5, 5.41) is 15.4. The second kappa shape index (κ2) is 6.78. The van der Waals surface area contributed by atoms with Crippen LogP contribution in [0.25, 0.3) is 10.8 Å². The number of hydrogen-bond acceptors (Lipinski definition) is 4. The molecule has 0 unspecified atom stereocenters. The molecule has 3 rings (SSSR count). The van der Waals surface area contributed by atoms with Crippen molar-refractivity contribution in [2.45, 2.75) is 0 Å². The van der Waals surface area contributed by atoms with Gasteiger partial charge in [-0.05, 0) is 23.6 Å². The molecule has 0 aliphatic heterocycles. The molecule has 0 radical (unpaired) electrons. The fourth-order valence-corrected chi connectivity index (χ4v) is 2.33. The summed E-state index contributed by atoms with van der Waals surface area (Å²) in [5.41, 5.74) is 0.688. The Hall–Kier alpha value is -3.41. The van der Waals surface area contributed by atoms with Crippen molar-refractivity contribution < 1.29 is 14.5 Å². The highest BCUT2D eigenvalue weighted by atomic mass is 16.6. The molecule has 24 heavy (non-hydrogen) atoms. The quantitative estimate of drug-likeness (QED) is 0.573. The molecule has 3 aromatic rings. The van der Waals surface area contributed by atoms with Gasteiger partial charge in [0.25, 0.3) is 11.6 Å². The van der Waals surface area contributed by atoms with Crippen LogP contribution in [0, 0.1) is 10.1 Å². The lowest BCUT2D eigenvalue weighted by atomic mass is 10.1. The van der Waals surface area contributed by atoms with E-state index >= 15 is 0 Å². The number of rotatable bonds is 5. The molecule has 3 aromatic carbocycles. The van der Waals surface area contributed by atoms with Gasteiger partial charge in [0.05, 0.1) is 4.92 Å². The normalized spacial score (nSPS) is 10.3. The highest BCUT2D eigenvalue weighted by Crippen LogP contribution is 2.23. The maximum Gasteiger partial charge on any atom is 0.269 e. The number of carbonyl (C=O) groups excluding carboxylic acids is 1. The van der Waals surface area contributed by atoms with E-state index in [0.717, 1.165) is 10.8 Å². The van der Waals surface area contributed by atoms with Crippen LogP contribution in [0.2, 0.25) is 0 Å². The van der Waals surface area contributed by atoms with Crippen molar-refractivity contribution in [2.75, 3.05) is 11.9 Å². The lowest BCUT2D eigenvalue weighted by Gasteiger charge is -2.09. The third-order valence-electron chi connectivity index (χ3n) is 3.48. The number of nitrogens with zero attached hydrogens (tertiary/aromatic N) is 1. The fraction of sp³-hybridized carbons (Fsp3) is 0.0556. The third-order valence-corrected chi connectivity index (χ3v) is 3.48. The number of non-ortho nitro benzene ring substituents is 1. The lowest BCUT2D eigenvalue weighted by molar-refractivity contribution is -0.384. The lowest BCUT2D eigenvalue weighted by Crippen LogP contribution is -2.20. The summed E-state index contributed by atoms with van der Waals surface area (Å²) >= 11 is 0. The minimum Gasteiger partial charge on any atom is -0.484 e. The van der Waals surface area contributed by atoms with E-state index < -0.39 is 4.92 Å². The first-order valence-corrected chi connectivity index (χ1v) is 7.28. The van der Waals surface area contributed by atoms with Crippen LogP contribution in [0.1, 0.15) is 0 Å². The molecule has 1 amide bonds. The molecule has 0 spiro atoms. The van der Waals surface area contributed by atoms with Crippen LogP contribution in [0.15, 0.2) is 66.7 Å². The summed E-state index contributed by atoms with van der Waals surface area (Å²) in [6.07, 6.45) is 0. The van der Waals surface area contributed by atoms with Gasteiger partial charge in [0.15, 0.2) is 6.61 Å². The van der Waals surface area contributed by atoms with E-state index in [-0.39, 0.29) is 18.2 Å². The fourth-order valence-electron chi connectivity index (χ4n) is 2.33. The molecule has 0 saturated heterocycles. The van der Waals surface area contributed by atoms with Crippen LogP contribution in [0.5, 0.6) is 5.75 Å². The zero-order chi connectivity index (χ0) is 16.9. The van der Waals surface area contributed by atoms with Gasteiger partial charge in [0.1, 0.15) is 5.75 Å². The van der Waals surface area contributed by atoms with Crippen molar-refractivity contribution >= 4 is 28.1 Å². The molecule has 0 saturated carbocycles. The first-order chi connectivity index (χ1) is 11.6. The number of benzene rings is 3. The maximum absolute atomic E-state index is 12.1. The number of fused-ring (bicyclic) bond motifs is 1. The van der Waals surface area contributed by atoms with Crippen LogP contribution >= 0.6 is 0 Å². The Labute approximate surface area is 137 Å². The van der Waals surface area contributed by atoms with Gasteiger partial charge in [-0.2, -0.15) is 0 Å². The molecule has 6 heteroatoms. The second-order valence-electron chi connectivity index (χ2n) is 5.11. The van der Waals surface area contributed by atoms with E-state index in [9.17, 15) is 14.9 Å². The largest absolute Gasteiger partial charge is 0.484 e. The van der Waals surface area contributed by atoms with E-state index in [1.165, 1.54) is 24.3 Å². The van der Waals surface area contributed by atoms with Crippen molar-refractivity contribution in [3.8, 4) is 5.75 Å². The Morgan fingerprint density at radius 2 is 1.71 bits per heavy atom. The predicted molar refractivity (Wildman–Crippen MR) is 91.2 cm³/mol. The predicted octanol–water partition coefficient (Wildman–Crippen LogP) is 3.77. The van der Waals surface area contributed by atoms with Gasteiger partial charge < -0.3 is 10.1 Å². The number of hydrogen-bond donors (Lipinski definition) is 1. The van der Waals surface area contributed by atoms with Crippen molar-refractivity contribution in [1.82, 2.24) is 0 Å². The zero-order valence-electron chi connectivity index (χ0n) is 12.6. The minimum atomic E-state index is -0.489. The third kappa shape index (κ3) is 3.49. The first kappa shape index (κ1) is 15.5. The van der Waals surface area contributed by atoms with E-state index in [0.29, 0.717) is 11.4 Å². The van der Waals surface area contributed by atoms with E-state index in [2.05, 4.69) is 5.32 Å². The Morgan fingerprint density at radius 1 is 1.00 bits per heavy atom. The van der Waals surface area contributed by atoms with Crippen molar-refractivity contribution in [2.24, 2.45) is 0 Å². The van der Waals surface area contributed by atoms with Gasteiger partial charge in [0.2, 0.25) is 0 Å². The number of nitro groups is 1. The smallest absolute Gasteiger partial charge is 0.269 e.